The fraction of sp³-hybridized carbons (Fsp3) is 0.500. The highest BCUT2D eigenvalue weighted by Gasteiger charge is 2.33. The van der Waals surface area contributed by atoms with E-state index in [0.29, 0.717) is 12.5 Å². The summed E-state index contributed by atoms with van der Waals surface area (Å²) in [5.74, 6) is -2.08. The highest BCUT2D eigenvalue weighted by atomic mass is 19.4. The van der Waals surface area contributed by atoms with Crippen molar-refractivity contribution in [2.75, 3.05) is 6.61 Å². The molecule has 0 spiro atoms. The number of hydrogen-bond acceptors (Lipinski definition) is 3. The number of halogens is 5. The molecular formula is C24H25F5O3. The van der Waals surface area contributed by atoms with Crippen LogP contribution in [0.25, 0.3) is 21.9 Å². The van der Waals surface area contributed by atoms with Crippen LogP contribution >= 0.6 is 0 Å². The maximum atomic E-state index is 15.0. The van der Waals surface area contributed by atoms with Crippen LogP contribution in [-0.2, 0) is 0 Å². The molecule has 0 atom stereocenters. The molecule has 1 fully saturated rings. The van der Waals surface area contributed by atoms with Crippen molar-refractivity contribution in [2.45, 2.75) is 58.2 Å². The molecule has 0 N–H and O–H groups in total. The zero-order chi connectivity index (χ0) is 22.9. The summed E-state index contributed by atoms with van der Waals surface area (Å²) in [6.45, 7) is 2.57. The van der Waals surface area contributed by atoms with Crippen LogP contribution in [-0.4, -0.2) is 13.0 Å². The monoisotopic (exact) mass is 456 g/mol. The van der Waals surface area contributed by atoms with Crippen LogP contribution in [0.15, 0.2) is 28.7 Å². The van der Waals surface area contributed by atoms with E-state index in [9.17, 15) is 17.6 Å². The van der Waals surface area contributed by atoms with Gasteiger partial charge in [-0.25, -0.2) is 0 Å². The van der Waals surface area contributed by atoms with Crippen molar-refractivity contribution in [3.63, 3.8) is 0 Å². The van der Waals surface area contributed by atoms with Crippen LogP contribution in [0.3, 0.4) is 0 Å². The molecule has 8 heteroatoms. The van der Waals surface area contributed by atoms with Crippen LogP contribution in [0.4, 0.5) is 22.0 Å². The van der Waals surface area contributed by atoms with E-state index in [0.717, 1.165) is 37.7 Å². The zero-order valence-electron chi connectivity index (χ0n) is 17.7. The number of hydrogen-bond donors (Lipinski definition) is 0. The number of rotatable bonds is 7. The van der Waals surface area contributed by atoms with Gasteiger partial charge in [-0.05, 0) is 48.9 Å². The summed E-state index contributed by atoms with van der Waals surface area (Å²) in [6.07, 6.45) is 3.04. The number of benzene rings is 2. The standard InChI is InChI=1S/C24H25F5O3/c1-2-3-4-14-5-7-15(8-6-14)13-30-18-11-9-16-17-10-12-19(32-24(27,28)29)21(26)23(17)31-22(16)20(18)25/h9-12,14-15H,2-8,13H2,1H3. The molecule has 3 aromatic rings. The van der Waals surface area contributed by atoms with Crippen LogP contribution < -0.4 is 9.47 Å². The van der Waals surface area contributed by atoms with Gasteiger partial charge in [-0.15, -0.1) is 13.2 Å². The third kappa shape index (κ3) is 4.79. The number of ether oxygens (including phenoxy) is 2. The Bertz CT molecular complexity index is 1080. The predicted octanol–water partition coefficient (Wildman–Crippen LogP) is 8.14. The fourth-order valence-corrected chi connectivity index (χ4v) is 4.50. The lowest BCUT2D eigenvalue weighted by atomic mass is 9.80. The highest BCUT2D eigenvalue weighted by molar-refractivity contribution is 6.06. The Kier molecular flexibility index (Phi) is 6.49. The molecule has 0 unspecified atom stereocenters. The second kappa shape index (κ2) is 9.16. The molecule has 32 heavy (non-hydrogen) atoms. The molecule has 0 aliphatic heterocycles. The summed E-state index contributed by atoms with van der Waals surface area (Å²) >= 11 is 0. The van der Waals surface area contributed by atoms with Crippen molar-refractivity contribution < 1.29 is 35.8 Å². The van der Waals surface area contributed by atoms with Gasteiger partial charge in [0.2, 0.25) is 11.6 Å². The van der Waals surface area contributed by atoms with E-state index in [1.807, 2.05) is 0 Å². The predicted molar refractivity (Wildman–Crippen MR) is 111 cm³/mol. The molecule has 2 aromatic carbocycles. The van der Waals surface area contributed by atoms with E-state index in [2.05, 4.69) is 11.7 Å². The molecule has 0 radical (unpaired) electrons. The molecule has 0 amide bonds. The molecule has 1 heterocycles. The van der Waals surface area contributed by atoms with Crippen molar-refractivity contribution in [3.8, 4) is 11.5 Å². The summed E-state index contributed by atoms with van der Waals surface area (Å²) < 4.78 is 81.6. The highest BCUT2D eigenvalue weighted by Crippen LogP contribution is 2.39. The molecule has 0 bridgehead atoms. The van der Waals surface area contributed by atoms with Crippen molar-refractivity contribution in [3.05, 3.63) is 35.9 Å². The summed E-state index contributed by atoms with van der Waals surface area (Å²) in [4.78, 5) is 0. The van der Waals surface area contributed by atoms with E-state index < -0.39 is 29.3 Å². The third-order valence-electron chi connectivity index (χ3n) is 6.25. The van der Waals surface area contributed by atoms with Gasteiger partial charge in [0, 0.05) is 10.8 Å². The van der Waals surface area contributed by atoms with Gasteiger partial charge in [0.15, 0.2) is 22.7 Å². The molecule has 3 nitrogen and oxygen atoms in total. The minimum atomic E-state index is -5.05. The quantitative estimate of drug-likeness (QED) is 0.336. The minimum absolute atomic E-state index is 0.0168. The van der Waals surface area contributed by atoms with Crippen molar-refractivity contribution >= 4 is 21.9 Å². The van der Waals surface area contributed by atoms with Gasteiger partial charge >= 0.3 is 6.36 Å². The van der Waals surface area contributed by atoms with Crippen molar-refractivity contribution in [2.24, 2.45) is 11.8 Å². The first kappa shape index (κ1) is 22.7. The topological polar surface area (TPSA) is 31.6 Å². The molecular weight excluding hydrogens is 431 g/mol. The molecule has 1 aliphatic rings. The summed E-state index contributed by atoms with van der Waals surface area (Å²) in [5.41, 5.74) is -0.757. The van der Waals surface area contributed by atoms with E-state index in [1.165, 1.54) is 37.5 Å². The smallest absolute Gasteiger partial charge is 0.490 e. The Morgan fingerprint density at radius 3 is 2.03 bits per heavy atom. The van der Waals surface area contributed by atoms with Crippen molar-refractivity contribution in [1.29, 1.82) is 0 Å². The second-order valence-corrected chi connectivity index (χ2v) is 8.50. The van der Waals surface area contributed by atoms with Crippen molar-refractivity contribution in [1.82, 2.24) is 0 Å². The molecule has 174 valence electrons. The molecule has 4 rings (SSSR count). The van der Waals surface area contributed by atoms with Crippen LogP contribution in [0, 0.1) is 23.5 Å². The summed E-state index contributed by atoms with van der Waals surface area (Å²) in [6, 6.07) is 5.02. The van der Waals surface area contributed by atoms with Gasteiger partial charge in [0.05, 0.1) is 6.61 Å². The lowest BCUT2D eigenvalue weighted by Crippen LogP contribution is -2.20. The van der Waals surface area contributed by atoms with Gasteiger partial charge in [-0.3, -0.25) is 0 Å². The Hall–Kier alpha value is -2.51. The van der Waals surface area contributed by atoms with E-state index in [-0.39, 0.29) is 22.1 Å². The molecule has 1 saturated carbocycles. The van der Waals surface area contributed by atoms with Crippen LogP contribution in [0.1, 0.15) is 51.9 Å². The Morgan fingerprint density at radius 2 is 1.44 bits per heavy atom. The van der Waals surface area contributed by atoms with E-state index >= 15 is 4.39 Å². The van der Waals surface area contributed by atoms with Gasteiger partial charge in [-0.2, -0.15) is 8.78 Å². The van der Waals surface area contributed by atoms with Gasteiger partial charge in [-0.1, -0.05) is 39.0 Å². The summed E-state index contributed by atoms with van der Waals surface area (Å²) in [5, 5.41) is 0.404. The first-order valence-electron chi connectivity index (χ1n) is 11.0. The minimum Gasteiger partial charge on any atom is -0.490 e. The molecule has 0 saturated heterocycles. The first-order valence-corrected chi connectivity index (χ1v) is 11.0. The summed E-state index contributed by atoms with van der Waals surface area (Å²) in [7, 11) is 0. The normalized spacial score (nSPS) is 19.6. The van der Waals surface area contributed by atoms with E-state index in [4.69, 9.17) is 9.15 Å². The first-order chi connectivity index (χ1) is 15.3. The number of fused-ring (bicyclic) bond motifs is 3. The average Bonchev–Trinajstić information content (AvgIpc) is 3.14. The number of unbranched alkanes of at least 4 members (excludes halogenated alkanes) is 1. The second-order valence-electron chi connectivity index (χ2n) is 8.50. The average molecular weight is 456 g/mol. The van der Waals surface area contributed by atoms with Gasteiger partial charge in [0.25, 0.3) is 0 Å². The largest absolute Gasteiger partial charge is 0.573 e. The Labute approximate surface area is 182 Å². The third-order valence-corrected chi connectivity index (χ3v) is 6.25. The van der Waals surface area contributed by atoms with Crippen LogP contribution in [0.2, 0.25) is 0 Å². The lowest BCUT2D eigenvalue weighted by Gasteiger charge is -2.28. The fourth-order valence-electron chi connectivity index (χ4n) is 4.50. The zero-order valence-corrected chi connectivity index (χ0v) is 17.7. The molecule has 1 aromatic heterocycles. The maximum absolute atomic E-state index is 15.0. The lowest BCUT2D eigenvalue weighted by molar-refractivity contribution is -0.275. The number of alkyl halides is 3. The Morgan fingerprint density at radius 1 is 0.875 bits per heavy atom. The Balaban J connectivity index is 1.50. The maximum Gasteiger partial charge on any atom is 0.573 e. The van der Waals surface area contributed by atoms with Crippen LogP contribution in [0.5, 0.6) is 11.5 Å². The molecule has 1 aliphatic carbocycles. The van der Waals surface area contributed by atoms with Gasteiger partial charge in [0.1, 0.15) is 0 Å². The van der Waals surface area contributed by atoms with Gasteiger partial charge < -0.3 is 13.9 Å². The number of furan rings is 1. The SMILES string of the molecule is CCCCC1CCC(COc2ccc3c(oc4c(F)c(OC(F)(F)F)ccc43)c2F)CC1. The van der Waals surface area contributed by atoms with E-state index in [1.54, 1.807) is 0 Å².